The van der Waals surface area contributed by atoms with Crippen LogP contribution in [0, 0.1) is 0 Å². The standard InChI is InChI=1S/C19H24N4O2/c1-14(20)19(25)23(2)13-18(24)22-17(15-8-4-3-5-9-15)12-16-10-6-7-11-21-16/h3-11,14,17H,12-13,20H2,1-2H3,(H,22,24). The topological polar surface area (TPSA) is 88.3 Å². The third-order valence-corrected chi connectivity index (χ3v) is 3.82. The molecule has 0 aliphatic rings. The monoisotopic (exact) mass is 340 g/mol. The zero-order valence-electron chi connectivity index (χ0n) is 14.6. The molecule has 1 aromatic heterocycles. The first-order chi connectivity index (χ1) is 12.0. The molecule has 0 radical (unpaired) electrons. The zero-order chi connectivity index (χ0) is 18.2. The highest BCUT2D eigenvalue weighted by atomic mass is 16.2. The SMILES string of the molecule is CC(N)C(=O)N(C)CC(=O)NC(Cc1ccccn1)c1ccccc1. The maximum atomic E-state index is 12.4. The molecule has 0 spiro atoms. The number of hydrogen-bond donors (Lipinski definition) is 2. The van der Waals surface area contributed by atoms with Crippen LogP contribution in [0.2, 0.25) is 0 Å². The number of nitrogens with zero attached hydrogens (tertiary/aromatic N) is 2. The minimum Gasteiger partial charge on any atom is -0.347 e. The van der Waals surface area contributed by atoms with Crippen LogP contribution in [0.5, 0.6) is 0 Å². The lowest BCUT2D eigenvalue weighted by molar-refractivity contribution is -0.135. The summed E-state index contributed by atoms with van der Waals surface area (Å²) in [5.41, 5.74) is 7.45. The number of nitrogens with one attached hydrogen (secondary N) is 1. The van der Waals surface area contributed by atoms with E-state index in [0.29, 0.717) is 6.42 Å². The smallest absolute Gasteiger partial charge is 0.240 e. The summed E-state index contributed by atoms with van der Waals surface area (Å²) >= 11 is 0. The molecule has 6 nitrogen and oxygen atoms in total. The summed E-state index contributed by atoms with van der Waals surface area (Å²) in [5, 5.41) is 2.99. The predicted octanol–water partition coefficient (Wildman–Crippen LogP) is 1.29. The van der Waals surface area contributed by atoms with Gasteiger partial charge in [0.25, 0.3) is 0 Å². The molecule has 2 atom stereocenters. The first kappa shape index (κ1) is 18.6. The summed E-state index contributed by atoms with van der Waals surface area (Å²) in [7, 11) is 1.57. The maximum absolute atomic E-state index is 12.4. The number of hydrogen-bond acceptors (Lipinski definition) is 4. The lowest BCUT2D eigenvalue weighted by Gasteiger charge is -2.23. The number of carbonyl (C=O) groups excluding carboxylic acids is 2. The van der Waals surface area contributed by atoms with Gasteiger partial charge in [-0.05, 0) is 24.6 Å². The van der Waals surface area contributed by atoms with Crippen molar-refractivity contribution in [3.8, 4) is 0 Å². The summed E-state index contributed by atoms with van der Waals surface area (Å²) in [5.74, 6) is -0.502. The molecule has 6 heteroatoms. The van der Waals surface area contributed by atoms with Gasteiger partial charge in [0.2, 0.25) is 11.8 Å². The number of aromatic nitrogens is 1. The average Bonchev–Trinajstić information content (AvgIpc) is 2.62. The van der Waals surface area contributed by atoms with Gasteiger partial charge < -0.3 is 16.0 Å². The van der Waals surface area contributed by atoms with Gasteiger partial charge in [0, 0.05) is 25.4 Å². The number of carbonyl (C=O) groups is 2. The quantitative estimate of drug-likeness (QED) is 0.795. The van der Waals surface area contributed by atoms with Gasteiger partial charge in [0.1, 0.15) is 0 Å². The molecule has 3 N–H and O–H groups in total. The summed E-state index contributed by atoms with van der Waals surface area (Å²) in [6.45, 7) is 1.57. The fraction of sp³-hybridized carbons (Fsp3) is 0.316. The lowest BCUT2D eigenvalue weighted by atomic mass is 10.0. The van der Waals surface area contributed by atoms with E-state index in [2.05, 4.69) is 10.3 Å². The Morgan fingerprint density at radius 2 is 1.84 bits per heavy atom. The lowest BCUT2D eigenvalue weighted by Crippen LogP contribution is -2.45. The molecule has 0 saturated heterocycles. The number of amides is 2. The highest BCUT2D eigenvalue weighted by Crippen LogP contribution is 2.17. The molecule has 1 heterocycles. The number of nitrogens with two attached hydrogens (primary N) is 1. The molecule has 2 aromatic rings. The highest BCUT2D eigenvalue weighted by molar-refractivity contribution is 5.87. The van der Waals surface area contributed by atoms with E-state index < -0.39 is 6.04 Å². The normalized spacial score (nSPS) is 12.9. The Bertz CT molecular complexity index is 689. The van der Waals surface area contributed by atoms with Gasteiger partial charge in [0.15, 0.2) is 0 Å². The van der Waals surface area contributed by atoms with Crippen molar-refractivity contribution in [2.45, 2.75) is 25.4 Å². The van der Waals surface area contributed by atoms with Crippen molar-refractivity contribution >= 4 is 11.8 Å². The van der Waals surface area contributed by atoms with Crippen LogP contribution in [0.25, 0.3) is 0 Å². The average molecular weight is 340 g/mol. The van der Waals surface area contributed by atoms with Gasteiger partial charge in [-0.1, -0.05) is 36.4 Å². The van der Waals surface area contributed by atoms with Gasteiger partial charge >= 0.3 is 0 Å². The molecule has 0 aliphatic carbocycles. The zero-order valence-corrected chi connectivity index (χ0v) is 14.6. The van der Waals surface area contributed by atoms with Gasteiger partial charge in [-0.15, -0.1) is 0 Å². The second-order valence-corrected chi connectivity index (χ2v) is 6.04. The van der Waals surface area contributed by atoms with Crippen LogP contribution in [-0.4, -0.2) is 41.3 Å². The van der Waals surface area contributed by atoms with E-state index in [-0.39, 0.29) is 24.4 Å². The summed E-state index contributed by atoms with van der Waals surface area (Å²) in [4.78, 5) is 29.9. The van der Waals surface area contributed by atoms with Crippen LogP contribution in [0.1, 0.15) is 24.2 Å². The van der Waals surface area contributed by atoms with E-state index >= 15 is 0 Å². The minimum absolute atomic E-state index is 0.0358. The molecule has 2 rings (SSSR count). The van der Waals surface area contributed by atoms with Crippen LogP contribution in [0.15, 0.2) is 54.7 Å². The largest absolute Gasteiger partial charge is 0.347 e. The molecule has 0 fully saturated rings. The summed E-state index contributed by atoms with van der Waals surface area (Å²) < 4.78 is 0. The molecular weight excluding hydrogens is 316 g/mol. The summed E-state index contributed by atoms with van der Waals surface area (Å²) in [6, 6.07) is 14.6. The van der Waals surface area contributed by atoms with E-state index in [9.17, 15) is 9.59 Å². The number of rotatable bonds is 7. The van der Waals surface area contributed by atoms with Gasteiger partial charge in [0.05, 0.1) is 18.6 Å². The molecule has 0 bridgehead atoms. The predicted molar refractivity (Wildman–Crippen MR) is 96.6 cm³/mol. The first-order valence-corrected chi connectivity index (χ1v) is 8.22. The van der Waals surface area contributed by atoms with E-state index in [1.54, 1.807) is 20.2 Å². The van der Waals surface area contributed by atoms with Gasteiger partial charge in [-0.2, -0.15) is 0 Å². The number of likely N-dealkylation sites (N-methyl/N-ethyl adjacent to an activating group) is 1. The Morgan fingerprint density at radius 3 is 2.44 bits per heavy atom. The Morgan fingerprint density at radius 1 is 1.16 bits per heavy atom. The third kappa shape index (κ3) is 5.69. The van der Waals surface area contributed by atoms with Crippen molar-refractivity contribution in [3.63, 3.8) is 0 Å². The first-order valence-electron chi connectivity index (χ1n) is 8.22. The molecule has 2 unspecified atom stereocenters. The van der Waals surface area contributed by atoms with Crippen LogP contribution < -0.4 is 11.1 Å². The van der Waals surface area contributed by atoms with Crippen molar-refractivity contribution in [2.24, 2.45) is 5.73 Å². The van der Waals surface area contributed by atoms with Crippen molar-refractivity contribution in [3.05, 3.63) is 66.0 Å². The van der Waals surface area contributed by atoms with Crippen LogP contribution in [0.4, 0.5) is 0 Å². The molecule has 132 valence electrons. The highest BCUT2D eigenvalue weighted by Gasteiger charge is 2.20. The second-order valence-electron chi connectivity index (χ2n) is 6.04. The molecular formula is C19H24N4O2. The van der Waals surface area contributed by atoms with Gasteiger partial charge in [-0.3, -0.25) is 14.6 Å². The maximum Gasteiger partial charge on any atom is 0.240 e. The Labute approximate surface area is 148 Å². The fourth-order valence-corrected chi connectivity index (χ4v) is 2.55. The molecule has 1 aromatic carbocycles. The second kappa shape index (κ2) is 8.94. The van der Waals surface area contributed by atoms with Crippen molar-refractivity contribution in [1.82, 2.24) is 15.2 Å². The van der Waals surface area contributed by atoms with E-state index in [1.165, 1.54) is 4.90 Å². The van der Waals surface area contributed by atoms with Crippen molar-refractivity contribution in [1.29, 1.82) is 0 Å². The van der Waals surface area contributed by atoms with Crippen LogP contribution in [0.3, 0.4) is 0 Å². The molecule has 2 amide bonds. The van der Waals surface area contributed by atoms with Gasteiger partial charge in [-0.25, -0.2) is 0 Å². The number of pyridine rings is 1. The fourth-order valence-electron chi connectivity index (χ4n) is 2.55. The molecule has 0 aliphatic heterocycles. The third-order valence-electron chi connectivity index (χ3n) is 3.82. The minimum atomic E-state index is -0.628. The van der Waals surface area contributed by atoms with Crippen molar-refractivity contribution < 1.29 is 9.59 Å². The molecule has 0 saturated carbocycles. The van der Waals surface area contributed by atoms with E-state index in [1.807, 2.05) is 48.5 Å². The van der Waals surface area contributed by atoms with Crippen molar-refractivity contribution in [2.75, 3.05) is 13.6 Å². The Hall–Kier alpha value is -2.73. The Kier molecular flexibility index (Phi) is 6.65. The van der Waals surface area contributed by atoms with Crippen LogP contribution >= 0.6 is 0 Å². The van der Waals surface area contributed by atoms with E-state index in [0.717, 1.165) is 11.3 Å². The van der Waals surface area contributed by atoms with E-state index in [4.69, 9.17) is 5.73 Å². The van der Waals surface area contributed by atoms with Crippen LogP contribution in [-0.2, 0) is 16.0 Å². The Balaban J connectivity index is 2.08. The number of benzene rings is 1. The summed E-state index contributed by atoms with van der Waals surface area (Å²) in [6.07, 6.45) is 2.30. The molecule has 25 heavy (non-hydrogen) atoms.